The van der Waals surface area contributed by atoms with E-state index in [4.69, 9.17) is 4.74 Å². The summed E-state index contributed by atoms with van der Waals surface area (Å²) in [6.45, 7) is 0.557. The molecule has 1 amide bonds. The topological polar surface area (TPSA) is 64.1 Å². The first-order valence-corrected chi connectivity index (χ1v) is 5.98. The third-order valence-electron chi connectivity index (χ3n) is 2.66. The molecule has 0 atom stereocenters. The zero-order valence-electron chi connectivity index (χ0n) is 10.7. The van der Waals surface area contributed by atoms with Gasteiger partial charge in [-0.2, -0.15) is 5.10 Å². The third-order valence-corrected chi connectivity index (χ3v) is 2.66. The zero-order chi connectivity index (χ0) is 13.5. The molecule has 0 spiro atoms. The van der Waals surface area contributed by atoms with Gasteiger partial charge in [-0.05, 0) is 36.2 Å². The van der Waals surface area contributed by atoms with Crippen molar-refractivity contribution in [3.8, 4) is 5.75 Å². The summed E-state index contributed by atoms with van der Waals surface area (Å²) in [5.41, 5.74) is 1.47. The molecule has 0 bridgehead atoms. The van der Waals surface area contributed by atoms with Crippen molar-refractivity contribution in [3.05, 3.63) is 53.9 Å². The molecule has 0 aliphatic heterocycles. The summed E-state index contributed by atoms with van der Waals surface area (Å²) in [6, 6.07) is 11.1. The van der Waals surface area contributed by atoms with Crippen molar-refractivity contribution in [2.45, 2.75) is 6.42 Å². The number of carbonyl (C=O) groups excluding carboxylic acids is 1. The normalized spacial score (nSPS) is 9.95. The van der Waals surface area contributed by atoms with Gasteiger partial charge in [-0.15, -0.1) is 5.10 Å². The van der Waals surface area contributed by atoms with Crippen LogP contribution in [0.1, 0.15) is 16.1 Å². The van der Waals surface area contributed by atoms with Crippen molar-refractivity contribution in [1.82, 2.24) is 15.5 Å². The van der Waals surface area contributed by atoms with E-state index in [1.54, 1.807) is 19.2 Å². The second-order valence-electron chi connectivity index (χ2n) is 3.96. The van der Waals surface area contributed by atoms with Crippen molar-refractivity contribution in [3.63, 3.8) is 0 Å². The van der Waals surface area contributed by atoms with Gasteiger partial charge in [-0.3, -0.25) is 4.79 Å². The lowest BCUT2D eigenvalue weighted by Gasteiger charge is -2.05. The Balaban J connectivity index is 1.81. The predicted octanol–water partition coefficient (Wildman–Crippen LogP) is 1.46. The van der Waals surface area contributed by atoms with Crippen LogP contribution in [-0.2, 0) is 6.42 Å². The lowest BCUT2D eigenvalue weighted by molar-refractivity contribution is 0.0948. The first-order chi connectivity index (χ1) is 9.29. The fraction of sp³-hybridized carbons (Fsp3) is 0.214. The monoisotopic (exact) mass is 257 g/mol. The lowest BCUT2D eigenvalue weighted by atomic mass is 10.1. The number of hydrogen-bond donors (Lipinski definition) is 1. The summed E-state index contributed by atoms with van der Waals surface area (Å²) in [5.74, 6) is 0.619. The van der Waals surface area contributed by atoms with Crippen molar-refractivity contribution in [1.29, 1.82) is 0 Å². The number of rotatable bonds is 5. The third kappa shape index (κ3) is 3.77. The number of methoxy groups -OCH3 is 1. The Bertz CT molecular complexity index is 526. The van der Waals surface area contributed by atoms with Gasteiger partial charge in [0.25, 0.3) is 5.91 Å². The largest absolute Gasteiger partial charge is 0.497 e. The minimum atomic E-state index is -0.207. The maximum atomic E-state index is 11.7. The van der Waals surface area contributed by atoms with E-state index in [2.05, 4.69) is 15.5 Å². The summed E-state index contributed by atoms with van der Waals surface area (Å²) < 4.78 is 5.08. The van der Waals surface area contributed by atoms with Crippen LogP contribution in [0.15, 0.2) is 42.6 Å². The Hall–Kier alpha value is -2.43. The molecule has 2 aromatic rings. The van der Waals surface area contributed by atoms with E-state index in [0.717, 1.165) is 17.7 Å². The van der Waals surface area contributed by atoms with Gasteiger partial charge < -0.3 is 10.1 Å². The second kappa shape index (κ2) is 6.49. The second-order valence-corrected chi connectivity index (χ2v) is 3.96. The molecule has 1 aromatic heterocycles. The van der Waals surface area contributed by atoms with Crippen LogP contribution in [0.25, 0.3) is 0 Å². The Morgan fingerprint density at radius 3 is 2.68 bits per heavy atom. The highest BCUT2D eigenvalue weighted by atomic mass is 16.5. The minimum Gasteiger partial charge on any atom is -0.497 e. The Morgan fingerprint density at radius 1 is 1.26 bits per heavy atom. The maximum Gasteiger partial charge on any atom is 0.271 e. The standard InChI is InChI=1S/C14H15N3O2/c1-19-12-6-4-11(5-7-12)8-10-15-14(18)13-3-2-9-16-17-13/h2-7,9H,8,10H2,1H3,(H,15,18). The first kappa shape index (κ1) is 13.0. The molecule has 1 aromatic carbocycles. The number of carbonyl (C=O) groups is 1. The van der Waals surface area contributed by atoms with E-state index in [0.29, 0.717) is 12.2 Å². The zero-order valence-corrected chi connectivity index (χ0v) is 10.7. The van der Waals surface area contributed by atoms with Crippen LogP contribution in [0.4, 0.5) is 0 Å². The molecule has 1 N–H and O–H groups in total. The van der Waals surface area contributed by atoms with E-state index in [1.165, 1.54) is 6.20 Å². The molecule has 5 heteroatoms. The number of hydrogen-bond acceptors (Lipinski definition) is 4. The van der Waals surface area contributed by atoms with E-state index in [9.17, 15) is 4.79 Å². The lowest BCUT2D eigenvalue weighted by Crippen LogP contribution is -2.26. The number of aromatic nitrogens is 2. The van der Waals surface area contributed by atoms with Crippen molar-refractivity contribution >= 4 is 5.91 Å². The first-order valence-electron chi connectivity index (χ1n) is 5.98. The van der Waals surface area contributed by atoms with Gasteiger partial charge in [-0.25, -0.2) is 0 Å². The molecule has 0 saturated heterocycles. The van der Waals surface area contributed by atoms with Crippen LogP contribution in [0, 0.1) is 0 Å². The van der Waals surface area contributed by atoms with Gasteiger partial charge in [0.15, 0.2) is 5.69 Å². The van der Waals surface area contributed by atoms with Crippen LogP contribution in [-0.4, -0.2) is 29.8 Å². The Labute approximate surface area is 111 Å². The van der Waals surface area contributed by atoms with Crippen molar-refractivity contribution in [2.24, 2.45) is 0 Å². The molecule has 0 aliphatic rings. The molecule has 98 valence electrons. The average Bonchev–Trinajstić information content (AvgIpc) is 2.49. The van der Waals surface area contributed by atoms with Crippen LogP contribution >= 0.6 is 0 Å². The summed E-state index contributed by atoms with van der Waals surface area (Å²) in [6.07, 6.45) is 2.30. The molecule has 19 heavy (non-hydrogen) atoms. The van der Waals surface area contributed by atoms with E-state index >= 15 is 0 Å². The molecule has 0 fully saturated rings. The summed E-state index contributed by atoms with van der Waals surface area (Å²) in [4.78, 5) is 11.7. The van der Waals surface area contributed by atoms with Crippen LogP contribution < -0.4 is 10.1 Å². The highest BCUT2D eigenvalue weighted by Gasteiger charge is 2.05. The van der Waals surface area contributed by atoms with E-state index in [1.807, 2.05) is 24.3 Å². The van der Waals surface area contributed by atoms with Crippen LogP contribution in [0.5, 0.6) is 5.75 Å². The molecular weight excluding hydrogens is 242 g/mol. The van der Waals surface area contributed by atoms with Gasteiger partial charge in [-0.1, -0.05) is 12.1 Å². The predicted molar refractivity (Wildman–Crippen MR) is 71.1 cm³/mol. The van der Waals surface area contributed by atoms with Crippen molar-refractivity contribution < 1.29 is 9.53 Å². The summed E-state index contributed by atoms with van der Waals surface area (Å²) >= 11 is 0. The molecule has 2 rings (SSSR count). The van der Waals surface area contributed by atoms with E-state index < -0.39 is 0 Å². The van der Waals surface area contributed by atoms with Gasteiger partial charge in [0.2, 0.25) is 0 Å². The number of nitrogens with zero attached hydrogens (tertiary/aromatic N) is 2. The van der Waals surface area contributed by atoms with Gasteiger partial charge in [0.05, 0.1) is 7.11 Å². The number of amides is 1. The SMILES string of the molecule is COc1ccc(CCNC(=O)c2cccnn2)cc1. The highest BCUT2D eigenvalue weighted by Crippen LogP contribution is 2.11. The van der Waals surface area contributed by atoms with Gasteiger partial charge in [0, 0.05) is 12.7 Å². The minimum absolute atomic E-state index is 0.207. The summed E-state index contributed by atoms with van der Waals surface area (Å²) in [5, 5.41) is 10.2. The quantitative estimate of drug-likeness (QED) is 0.880. The molecular formula is C14H15N3O2. The molecule has 0 saturated carbocycles. The molecule has 0 radical (unpaired) electrons. The van der Waals surface area contributed by atoms with Crippen molar-refractivity contribution in [2.75, 3.05) is 13.7 Å². The van der Waals surface area contributed by atoms with Crippen LogP contribution in [0.2, 0.25) is 0 Å². The maximum absolute atomic E-state index is 11.7. The molecule has 0 aliphatic carbocycles. The fourth-order valence-corrected chi connectivity index (χ4v) is 1.63. The Kier molecular flexibility index (Phi) is 4.44. The van der Waals surface area contributed by atoms with E-state index in [-0.39, 0.29) is 5.91 Å². The number of ether oxygens (including phenoxy) is 1. The fourth-order valence-electron chi connectivity index (χ4n) is 1.63. The highest BCUT2D eigenvalue weighted by molar-refractivity contribution is 5.91. The number of nitrogens with one attached hydrogen (secondary N) is 1. The molecule has 0 unspecified atom stereocenters. The summed E-state index contributed by atoms with van der Waals surface area (Å²) in [7, 11) is 1.64. The average molecular weight is 257 g/mol. The van der Waals surface area contributed by atoms with Crippen LogP contribution in [0.3, 0.4) is 0 Å². The van der Waals surface area contributed by atoms with Gasteiger partial charge >= 0.3 is 0 Å². The molecule has 1 heterocycles. The number of benzene rings is 1. The Morgan fingerprint density at radius 2 is 2.05 bits per heavy atom. The molecule has 5 nitrogen and oxygen atoms in total. The smallest absolute Gasteiger partial charge is 0.271 e. The van der Waals surface area contributed by atoms with Gasteiger partial charge in [0.1, 0.15) is 5.75 Å².